The quantitative estimate of drug-likeness (QED) is 0.558. The standard InChI is InChI=1S/C18H24Cl2O4/c1-4-6-15(12(2)3)24-17(22)10-9-16(21)23-11-13-7-5-8-14(19)18(13)20/h5,7-8,12,15H,4,6,9-11H2,1-3H3. The second kappa shape index (κ2) is 10.6. The molecule has 0 bridgehead atoms. The van der Waals surface area contributed by atoms with Crippen molar-refractivity contribution in [1.29, 1.82) is 0 Å². The van der Waals surface area contributed by atoms with Crippen molar-refractivity contribution in [3.63, 3.8) is 0 Å². The molecule has 0 heterocycles. The number of hydrogen-bond donors (Lipinski definition) is 0. The van der Waals surface area contributed by atoms with Crippen LogP contribution in [0.4, 0.5) is 0 Å². The van der Waals surface area contributed by atoms with Crippen molar-refractivity contribution in [3.05, 3.63) is 33.8 Å². The van der Waals surface area contributed by atoms with E-state index in [-0.39, 0.29) is 37.4 Å². The topological polar surface area (TPSA) is 52.6 Å². The van der Waals surface area contributed by atoms with E-state index >= 15 is 0 Å². The maximum absolute atomic E-state index is 11.8. The van der Waals surface area contributed by atoms with Gasteiger partial charge in [-0.2, -0.15) is 0 Å². The molecule has 0 radical (unpaired) electrons. The smallest absolute Gasteiger partial charge is 0.306 e. The zero-order chi connectivity index (χ0) is 18.1. The van der Waals surface area contributed by atoms with E-state index in [1.54, 1.807) is 18.2 Å². The summed E-state index contributed by atoms with van der Waals surface area (Å²) in [6.07, 6.45) is 1.65. The van der Waals surface area contributed by atoms with Gasteiger partial charge in [-0.1, -0.05) is 62.5 Å². The van der Waals surface area contributed by atoms with Gasteiger partial charge in [0.05, 0.1) is 22.9 Å². The molecule has 0 aromatic heterocycles. The highest BCUT2D eigenvalue weighted by atomic mass is 35.5. The lowest BCUT2D eigenvalue weighted by molar-refractivity contribution is -0.156. The molecule has 0 amide bonds. The Hall–Kier alpha value is -1.26. The third kappa shape index (κ3) is 7.10. The van der Waals surface area contributed by atoms with Gasteiger partial charge >= 0.3 is 11.9 Å². The Balaban J connectivity index is 2.37. The van der Waals surface area contributed by atoms with Gasteiger partial charge in [-0.3, -0.25) is 9.59 Å². The Bertz CT molecular complexity index is 558. The van der Waals surface area contributed by atoms with Crippen molar-refractivity contribution in [2.75, 3.05) is 0 Å². The number of esters is 2. The fourth-order valence-electron chi connectivity index (χ4n) is 2.14. The third-order valence-corrected chi connectivity index (χ3v) is 4.41. The van der Waals surface area contributed by atoms with Crippen molar-refractivity contribution in [1.82, 2.24) is 0 Å². The molecule has 1 aromatic rings. The highest BCUT2D eigenvalue weighted by Gasteiger charge is 2.18. The van der Waals surface area contributed by atoms with Crippen LogP contribution < -0.4 is 0 Å². The number of halogens is 2. The van der Waals surface area contributed by atoms with E-state index in [0.29, 0.717) is 15.6 Å². The van der Waals surface area contributed by atoms with Crippen LogP contribution >= 0.6 is 23.2 Å². The Labute approximate surface area is 153 Å². The molecule has 4 nitrogen and oxygen atoms in total. The van der Waals surface area contributed by atoms with Gasteiger partial charge in [0.1, 0.15) is 12.7 Å². The Kier molecular flexibility index (Phi) is 9.16. The molecule has 1 aromatic carbocycles. The summed E-state index contributed by atoms with van der Waals surface area (Å²) in [7, 11) is 0. The van der Waals surface area contributed by atoms with Gasteiger partial charge in [0.25, 0.3) is 0 Å². The Morgan fingerprint density at radius 3 is 2.42 bits per heavy atom. The normalized spacial score (nSPS) is 12.1. The summed E-state index contributed by atoms with van der Waals surface area (Å²) in [5.74, 6) is -0.592. The molecule has 0 saturated carbocycles. The van der Waals surface area contributed by atoms with Gasteiger partial charge in [0.15, 0.2) is 0 Å². The van der Waals surface area contributed by atoms with Gasteiger partial charge in [0, 0.05) is 5.56 Å². The monoisotopic (exact) mass is 374 g/mol. The van der Waals surface area contributed by atoms with Crippen molar-refractivity contribution >= 4 is 35.1 Å². The van der Waals surface area contributed by atoms with Crippen LogP contribution in [0.1, 0.15) is 52.0 Å². The van der Waals surface area contributed by atoms with Crippen LogP contribution in [0.15, 0.2) is 18.2 Å². The maximum Gasteiger partial charge on any atom is 0.306 e. The SMILES string of the molecule is CCCC(OC(=O)CCC(=O)OCc1cccc(Cl)c1Cl)C(C)C. The molecule has 0 aliphatic rings. The fraction of sp³-hybridized carbons (Fsp3) is 0.556. The van der Waals surface area contributed by atoms with Gasteiger partial charge in [-0.15, -0.1) is 0 Å². The highest BCUT2D eigenvalue weighted by Crippen LogP contribution is 2.26. The molecule has 0 aliphatic carbocycles. The van der Waals surface area contributed by atoms with Gasteiger partial charge in [-0.05, 0) is 18.4 Å². The molecule has 0 spiro atoms. The number of carbonyl (C=O) groups is 2. The molecule has 1 atom stereocenters. The first-order valence-electron chi connectivity index (χ1n) is 8.13. The molecule has 0 saturated heterocycles. The predicted octanol–water partition coefficient (Wildman–Crippen LogP) is 5.18. The van der Waals surface area contributed by atoms with Gasteiger partial charge < -0.3 is 9.47 Å². The zero-order valence-electron chi connectivity index (χ0n) is 14.3. The molecule has 0 aliphatic heterocycles. The number of hydrogen-bond acceptors (Lipinski definition) is 4. The average molecular weight is 375 g/mol. The van der Waals surface area contributed by atoms with E-state index in [0.717, 1.165) is 12.8 Å². The second-order valence-corrected chi connectivity index (χ2v) is 6.72. The van der Waals surface area contributed by atoms with Crippen LogP contribution in [0.3, 0.4) is 0 Å². The van der Waals surface area contributed by atoms with Crippen molar-refractivity contribution in [2.24, 2.45) is 5.92 Å². The summed E-state index contributed by atoms with van der Waals surface area (Å²) in [6.45, 7) is 6.09. The van der Waals surface area contributed by atoms with E-state index in [4.69, 9.17) is 32.7 Å². The molecule has 6 heteroatoms. The van der Waals surface area contributed by atoms with E-state index in [9.17, 15) is 9.59 Å². The molecule has 1 unspecified atom stereocenters. The first kappa shape index (κ1) is 20.8. The summed E-state index contributed by atoms with van der Waals surface area (Å²) < 4.78 is 10.5. The minimum atomic E-state index is -0.473. The minimum absolute atomic E-state index is 0.00897. The lowest BCUT2D eigenvalue weighted by Crippen LogP contribution is -2.24. The number of benzene rings is 1. The largest absolute Gasteiger partial charge is 0.462 e. The summed E-state index contributed by atoms with van der Waals surface area (Å²) in [5, 5.41) is 0.773. The van der Waals surface area contributed by atoms with Crippen LogP contribution in [-0.4, -0.2) is 18.0 Å². The number of carbonyl (C=O) groups excluding carboxylic acids is 2. The fourth-order valence-corrected chi connectivity index (χ4v) is 2.51. The van der Waals surface area contributed by atoms with E-state index in [2.05, 4.69) is 0 Å². The Morgan fingerprint density at radius 1 is 1.12 bits per heavy atom. The third-order valence-electron chi connectivity index (χ3n) is 3.55. The molecule has 24 heavy (non-hydrogen) atoms. The van der Waals surface area contributed by atoms with E-state index < -0.39 is 5.97 Å². The van der Waals surface area contributed by atoms with Crippen LogP contribution in [0.2, 0.25) is 10.0 Å². The first-order valence-corrected chi connectivity index (χ1v) is 8.88. The molecule has 134 valence electrons. The summed E-state index contributed by atoms with van der Waals surface area (Å²) in [4.78, 5) is 23.6. The summed E-state index contributed by atoms with van der Waals surface area (Å²) >= 11 is 11.9. The van der Waals surface area contributed by atoms with Crippen LogP contribution in [0.5, 0.6) is 0 Å². The van der Waals surface area contributed by atoms with Crippen LogP contribution in [0.25, 0.3) is 0 Å². The summed E-state index contributed by atoms with van der Waals surface area (Å²) in [6, 6.07) is 5.12. The lowest BCUT2D eigenvalue weighted by Gasteiger charge is -2.20. The van der Waals surface area contributed by atoms with Gasteiger partial charge in [0.2, 0.25) is 0 Å². The van der Waals surface area contributed by atoms with Crippen molar-refractivity contribution < 1.29 is 19.1 Å². The Morgan fingerprint density at radius 2 is 1.79 bits per heavy atom. The molecule has 0 fully saturated rings. The average Bonchev–Trinajstić information content (AvgIpc) is 2.53. The molecule has 1 rings (SSSR count). The van der Waals surface area contributed by atoms with Crippen molar-refractivity contribution in [3.8, 4) is 0 Å². The number of ether oxygens (including phenoxy) is 2. The van der Waals surface area contributed by atoms with Crippen molar-refractivity contribution in [2.45, 2.75) is 59.2 Å². The lowest BCUT2D eigenvalue weighted by atomic mass is 10.0. The highest BCUT2D eigenvalue weighted by molar-refractivity contribution is 6.42. The predicted molar refractivity (Wildman–Crippen MR) is 95.1 cm³/mol. The summed E-state index contributed by atoms with van der Waals surface area (Å²) in [5.41, 5.74) is 0.628. The van der Waals surface area contributed by atoms with E-state index in [1.807, 2.05) is 20.8 Å². The second-order valence-electron chi connectivity index (χ2n) is 5.93. The number of rotatable bonds is 9. The maximum atomic E-state index is 11.8. The molecule has 0 N–H and O–H groups in total. The first-order chi connectivity index (χ1) is 11.3. The molecular weight excluding hydrogens is 351 g/mol. The van der Waals surface area contributed by atoms with Crippen LogP contribution in [0, 0.1) is 5.92 Å². The van der Waals surface area contributed by atoms with Gasteiger partial charge in [-0.25, -0.2) is 0 Å². The molecular formula is C18H24Cl2O4. The van der Waals surface area contributed by atoms with E-state index in [1.165, 1.54) is 0 Å². The minimum Gasteiger partial charge on any atom is -0.462 e. The zero-order valence-corrected chi connectivity index (χ0v) is 15.8. The van der Waals surface area contributed by atoms with Crippen LogP contribution in [-0.2, 0) is 25.7 Å².